The lowest BCUT2D eigenvalue weighted by Crippen LogP contribution is -2.53. The number of carbonyl (C=O) groups is 2. The van der Waals surface area contributed by atoms with Crippen LogP contribution in [0, 0.1) is 34.5 Å². The molecular weight excluding hydrogens is 353 g/mol. The van der Waals surface area contributed by atoms with Gasteiger partial charge in [-0.15, -0.1) is 0 Å². The van der Waals surface area contributed by atoms with Crippen molar-refractivity contribution in [2.45, 2.75) is 71.8 Å². The van der Waals surface area contributed by atoms with Gasteiger partial charge in [0.2, 0.25) is 5.91 Å². The number of allylic oxidation sites excluding steroid dienone is 4. The maximum atomic E-state index is 13.7. The molecule has 1 N–H and O–H groups in total. The monoisotopic (exact) mass is 387 g/mol. The number of hydrogen-bond donors (Lipinski definition) is 1. The molecular formula is C24H34FNO2. The minimum absolute atomic E-state index is 0.0447. The summed E-state index contributed by atoms with van der Waals surface area (Å²) in [6.45, 7) is 5.94. The maximum absolute atomic E-state index is 13.7. The lowest BCUT2D eigenvalue weighted by Gasteiger charge is -2.57. The van der Waals surface area contributed by atoms with Gasteiger partial charge in [-0.05, 0) is 94.1 Å². The minimum atomic E-state index is -0.337. The lowest BCUT2D eigenvalue weighted by atomic mass is 9.47. The van der Waals surface area contributed by atoms with Crippen molar-refractivity contribution in [3.63, 3.8) is 0 Å². The zero-order chi connectivity index (χ0) is 20.1. The molecule has 4 heteroatoms. The van der Waals surface area contributed by atoms with E-state index in [0.29, 0.717) is 24.2 Å². The highest BCUT2D eigenvalue weighted by Gasteiger charge is 2.61. The van der Waals surface area contributed by atoms with E-state index in [-0.39, 0.29) is 41.2 Å². The predicted molar refractivity (Wildman–Crippen MR) is 108 cm³/mol. The summed E-state index contributed by atoms with van der Waals surface area (Å²) in [7, 11) is 0. The molecule has 0 radical (unpaired) electrons. The number of rotatable bonds is 4. The standard InChI is InChI=1S/C24H34FNO2/c1-15(2)26-22(28)21-7-6-20-18-5-4-16-14-17(27)8-10-23(16,3)19(18)9-11-24(20,21)12-13-25/h8,10,14-15,18-21H,4-7,9,11-13H2,1-3H3,(H,26,28)/t18-,19+,20+,21-,23+,24-/m1/s1. The normalized spacial score (nSPS) is 41.9. The molecule has 154 valence electrons. The van der Waals surface area contributed by atoms with Gasteiger partial charge in [-0.25, -0.2) is 0 Å². The van der Waals surface area contributed by atoms with E-state index in [4.69, 9.17) is 0 Å². The Kier molecular flexibility index (Phi) is 5.04. The summed E-state index contributed by atoms with van der Waals surface area (Å²) in [6, 6.07) is 0.122. The van der Waals surface area contributed by atoms with Crippen LogP contribution < -0.4 is 5.32 Å². The minimum Gasteiger partial charge on any atom is -0.354 e. The van der Waals surface area contributed by atoms with E-state index < -0.39 is 0 Å². The van der Waals surface area contributed by atoms with E-state index in [1.165, 1.54) is 5.57 Å². The molecule has 4 aliphatic rings. The zero-order valence-electron chi connectivity index (χ0n) is 17.5. The van der Waals surface area contributed by atoms with Crippen LogP contribution in [0.4, 0.5) is 4.39 Å². The first-order valence-corrected chi connectivity index (χ1v) is 11.1. The third-order valence-electron chi connectivity index (χ3n) is 8.58. The molecule has 0 aromatic rings. The van der Waals surface area contributed by atoms with Crippen LogP contribution in [-0.2, 0) is 9.59 Å². The van der Waals surface area contributed by atoms with Gasteiger partial charge < -0.3 is 5.32 Å². The molecule has 0 bridgehead atoms. The van der Waals surface area contributed by atoms with Crippen LogP contribution in [0.1, 0.15) is 65.7 Å². The highest BCUT2D eigenvalue weighted by molar-refractivity contribution is 6.01. The Bertz CT molecular complexity index is 726. The first-order chi connectivity index (χ1) is 13.3. The van der Waals surface area contributed by atoms with E-state index >= 15 is 0 Å². The number of nitrogens with one attached hydrogen (secondary N) is 1. The largest absolute Gasteiger partial charge is 0.354 e. The van der Waals surface area contributed by atoms with Gasteiger partial charge in [0.25, 0.3) is 0 Å². The number of amides is 1. The van der Waals surface area contributed by atoms with Crippen LogP contribution in [0.2, 0.25) is 0 Å². The van der Waals surface area contributed by atoms with Gasteiger partial charge in [0, 0.05) is 17.4 Å². The number of hydrogen-bond acceptors (Lipinski definition) is 2. The Hall–Kier alpha value is -1.45. The van der Waals surface area contributed by atoms with Crippen molar-refractivity contribution in [3.8, 4) is 0 Å². The van der Waals surface area contributed by atoms with Crippen molar-refractivity contribution in [1.82, 2.24) is 5.32 Å². The average molecular weight is 388 g/mol. The van der Waals surface area contributed by atoms with Gasteiger partial charge in [-0.3, -0.25) is 14.0 Å². The summed E-state index contributed by atoms with van der Waals surface area (Å²) in [5, 5.41) is 3.11. The van der Waals surface area contributed by atoms with E-state index in [9.17, 15) is 14.0 Å². The summed E-state index contributed by atoms with van der Waals surface area (Å²) >= 11 is 0. The molecule has 4 rings (SSSR count). The van der Waals surface area contributed by atoms with Gasteiger partial charge in [-0.1, -0.05) is 18.6 Å². The van der Waals surface area contributed by atoms with Gasteiger partial charge in [-0.2, -0.15) is 0 Å². The molecule has 3 saturated carbocycles. The van der Waals surface area contributed by atoms with Crippen LogP contribution in [0.25, 0.3) is 0 Å². The molecule has 4 aliphatic carbocycles. The zero-order valence-corrected chi connectivity index (χ0v) is 17.5. The number of fused-ring (bicyclic) bond motifs is 5. The lowest BCUT2D eigenvalue weighted by molar-refractivity contribution is -0.134. The van der Waals surface area contributed by atoms with E-state index in [1.54, 1.807) is 6.08 Å². The molecule has 0 aliphatic heterocycles. The van der Waals surface area contributed by atoms with Crippen LogP contribution >= 0.6 is 0 Å². The predicted octanol–water partition coefficient (Wildman–Crippen LogP) is 4.77. The van der Waals surface area contributed by atoms with Crippen molar-refractivity contribution in [1.29, 1.82) is 0 Å². The fourth-order valence-corrected chi connectivity index (χ4v) is 7.45. The third-order valence-corrected chi connectivity index (χ3v) is 8.58. The quantitative estimate of drug-likeness (QED) is 0.755. The second kappa shape index (κ2) is 7.11. The fraction of sp³-hybridized carbons (Fsp3) is 0.750. The number of halogens is 1. The average Bonchev–Trinajstić information content (AvgIpc) is 3.01. The van der Waals surface area contributed by atoms with E-state index in [2.05, 4.69) is 18.3 Å². The Morgan fingerprint density at radius 3 is 2.75 bits per heavy atom. The van der Waals surface area contributed by atoms with E-state index in [1.807, 2.05) is 19.9 Å². The second-order valence-corrected chi connectivity index (χ2v) is 10.1. The van der Waals surface area contributed by atoms with Gasteiger partial charge in [0.05, 0.1) is 6.67 Å². The van der Waals surface area contributed by atoms with Gasteiger partial charge in [0.1, 0.15) is 0 Å². The van der Waals surface area contributed by atoms with E-state index in [0.717, 1.165) is 38.5 Å². The van der Waals surface area contributed by atoms with Gasteiger partial charge in [0.15, 0.2) is 5.78 Å². The SMILES string of the molecule is CC(C)NC(=O)[C@H]1CC[C@H]2[C@@H]3CCC4=CC(=O)C=C[C@]4(C)[C@H]3CC[C@]12CCF. The van der Waals surface area contributed by atoms with Crippen LogP contribution in [-0.4, -0.2) is 24.4 Å². The first kappa shape index (κ1) is 19.8. The van der Waals surface area contributed by atoms with Crippen molar-refractivity contribution >= 4 is 11.7 Å². The Labute approximate surface area is 168 Å². The molecule has 3 nitrogen and oxygen atoms in total. The summed E-state index contributed by atoms with van der Waals surface area (Å²) in [6.07, 6.45) is 12.2. The second-order valence-electron chi connectivity index (χ2n) is 10.1. The topological polar surface area (TPSA) is 46.2 Å². The summed E-state index contributed by atoms with van der Waals surface area (Å²) in [5.74, 6) is 1.65. The Balaban J connectivity index is 1.65. The summed E-state index contributed by atoms with van der Waals surface area (Å²) in [5.41, 5.74) is 1.06. The van der Waals surface area contributed by atoms with Crippen molar-refractivity contribution in [2.75, 3.05) is 6.67 Å². The van der Waals surface area contributed by atoms with Crippen LogP contribution in [0.15, 0.2) is 23.8 Å². The Morgan fingerprint density at radius 1 is 1.25 bits per heavy atom. The number of alkyl halides is 1. The summed E-state index contributed by atoms with van der Waals surface area (Å²) < 4.78 is 13.7. The van der Waals surface area contributed by atoms with Crippen LogP contribution in [0.3, 0.4) is 0 Å². The molecule has 3 fully saturated rings. The maximum Gasteiger partial charge on any atom is 0.223 e. The highest BCUT2D eigenvalue weighted by Crippen LogP contribution is 2.67. The molecule has 6 atom stereocenters. The molecule has 1 amide bonds. The molecule has 28 heavy (non-hydrogen) atoms. The van der Waals surface area contributed by atoms with Crippen molar-refractivity contribution in [2.24, 2.45) is 34.5 Å². The van der Waals surface area contributed by atoms with Crippen molar-refractivity contribution < 1.29 is 14.0 Å². The highest BCUT2D eigenvalue weighted by atomic mass is 19.1. The third kappa shape index (κ3) is 2.90. The number of ketones is 1. The van der Waals surface area contributed by atoms with Crippen molar-refractivity contribution in [3.05, 3.63) is 23.8 Å². The molecule has 0 saturated heterocycles. The molecule has 0 spiro atoms. The van der Waals surface area contributed by atoms with Crippen LogP contribution in [0.5, 0.6) is 0 Å². The van der Waals surface area contributed by atoms with Gasteiger partial charge >= 0.3 is 0 Å². The number of carbonyl (C=O) groups excluding carboxylic acids is 2. The molecule has 0 aromatic heterocycles. The molecule has 0 heterocycles. The first-order valence-electron chi connectivity index (χ1n) is 11.1. The molecule has 0 aromatic carbocycles. The smallest absolute Gasteiger partial charge is 0.223 e. The fourth-order valence-electron chi connectivity index (χ4n) is 7.45. The summed E-state index contributed by atoms with van der Waals surface area (Å²) in [4.78, 5) is 24.9. The Morgan fingerprint density at radius 2 is 2.04 bits per heavy atom. The molecule has 0 unspecified atom stereocenters.